The molecule has 0 aromatic rings. The van der Waals surface area contributed by atoms with Crippen molar-refractivity contribution in [2.75, 3.05) is 20.2 Å². The number of ether oxygens (including phenoxy) is 1. The Kier molecular flexibility index (Phi) is 4.53. The minimum absolute atomic E-state index is 0.0220. The molecule has 2 nitrogen and oxygen atoms in total. The van der Waals surface area contributed by atoms with Crippen molar-refractivity contribution >= 4 is 0 Å². The molecule has 2 aliphatic heterocycles. The van der Waals surface area contributed by atoms with Gasteiger partial charge in [0, 0.05) is 25.6 Å². The summed E-state index contributed by atoms with van der Waals surface area (Å²) in [5.74, 6) is 0. The van der Waals surface area contributed by atoms with Crippen molar-refractivity contribution in [1.29, 1.82) is 0 Å². The van der Waals surface area contributed by atoms with Gasteiger partial charge >= 0.3 is 0 Å². The molecule has 3 heteroatoms. The van der Waals surface area contributed by atoms with Crippen LogP contribution in [0.2, 0.25) is 0 Å². The van der Waals surface area contributed by atoms with E-state index in [0.717, 1.165) is 13.0 Å². The van der Waals surface area contributed by atoms with Gasteiger partial charge in [0.2, 0.25) is 0 Å². The van der Waals surface area contributed by atoms with E-state index in [1.54, 1.807) is 7.11 Å². The Morgan fingerprint density at radius 1 is 1.47 bits per heavy atom. The largest absolute Gasteiger partial charge is 0.380 e. The molecule has 1 unspecified atom stereocenters. The van der Waals surface area contributed by atoms with Crippen molar-refractivity contribution in [2.24, 2.45) is 0 Å². The fourth-order valence-electron chi connectivity index (χ4n) is 2.99. The summed E-state index contributed by atoms with van der Waals surface area (Å²) in [6, 6.07) is 0. The minimum Gasteiger partial charge on any atom is -0.380 e. The summed E-state index contributed by atoms with van der Waals surface area (Å²) in [6.45, 7) is 7.73. The van der Waals surface area contributed by atoms with Crippen molar-refractivity contribution in [2.45, 2.75) is 57.8 Å². The van der Waals surface area contributed by atoms with Crippen LogP contribution in [-0.4, -0.2) is 42.9 Å². The van der Waals surface area contributed by atoms with Crippen LogP contribution in [-0.2, 0) is 4.74 Å². The number of hydrogen-bond acceptors (Lipinski definition) is 2. The highest BCUT2D eigenvalue weighted by atomic mass is 19.1. The van der Waals surface area contributed by atoms with Crippen LogP contribution in [0.1, 0.15) is 40.0 Å². The molecule has 0 spiro atoms. The zero-order chi connectivity index (χ0) is 11.5. The molecule has 0 amide bonds. The zero-order valence-electron chi connectivity index (χ0n) is 10.4. The number of rotatable bonds is 2. The number of halogens is 1. The second kappa shape index (κ2) is 5.26. The third-order valence-electron chi connectivity index (χ3n) is 3.77. The number of nitrogens with zero attached hydrogens (tertiary/aromatic N) is 1. The summed E-state index contributed by atoms with van der Waals surface area (Å²) in [6.07, 6.45) is 2.49. The average molecular weight is 217 g/mol. The van der Waals surface area contributed by atoms with E-state index in [0.29, 0.717) is 13.0 Å². The first-order valence-electron chi connectivity index (χ1n) is 6.11. The molecule has 0 aromatic carbocycles. The molecule has 0 aromatic heterocycles. The van der Waals surface area contributed by atoms with Gasteiger partial charge in [0.1, 0.15) is 6.17 Å². The lowest BCUT2D eigenvalue weighted by molar-refractivity contribution is -0.00470. The van der Waals surface area contributed by atoms with Crippen molar-refractivity contribution in [3.8, 4) is 0 Å². The fraction of sp³-hybridized carbons (Fsp3) is 1.00. The summed E-state index contributed by atoms with van der Waals surface area (Å²) >= 11 is 0. The standard InChI is InChI=1S/C10H18FNO.C2H6/c1-8(13-2)10-4-3-5-12(10)7-9(11)6-10;1-2/h8-9H,3-7H2,1-2H3;1-2H3/t8?,9-,10+;/m1./s1. The molecular formula is C12H24FNO. The van der Waals surface area contributed by atoms with E-state index in [1.807, 2.05) is 13.8 Å². The summed E-state index contributed by atoms with van der Waals surface area (Å²) in [7, 11) is 1.72. The second-order valence-corrected chi connectivity index (χ2v) is 4.33. The molecule has 2 heterocycles. The molecule has 15 heavy (non-hydrogen) atoms. The van der Waals surface area contributed by atoms with Crippen LogP contribution in [0.25, 0.3) is 0 Å². The maximum atomic E-state index is 13.3. The number of alkyl halides is 1. The van der Waals surface area contributed by atoms with Gasteiger partial charge in [-0.2, -0.15) is 0 Å². The van der Waals surface area contributed by atoms with E-state index in [1.165, 1.54) is 6.42 Å². The molecule has 3 atom stereocenters. The van der Waals surface area contributed by atoms with Crippen LogP contribution >= 0.6 is 0 Å². The predicted octanol–water partition coefficient (Wildman–Crippen LogP) is 2.62. The van der Waals surface area contributed by atoms with Crippen LogP contribution < -0.4 is 0 Å². The van der Waals surface area contributed by atoms with Gasteiger partial charge < -0.3 is 4.74 Å². The van der Waals surface area contributed by atoms with Gasteiger partial charge in [-0.3, -0.25) is 4.90 Å². The first kappa shape index (κ1) is 12.9. The van der Waals surface area contributed by atoms with E-state index in [9.17, 15) is 4.39 Å². The molecule has 90 valence electrons. The monoisotopic (exact) mass is 217 g/mol. The van der Waals surface area contributed by atoms with E-state index in [4.69, 9.17) is 4.74 Å². The van der Waals surface area contributed by atoms with Gasteiger partial charge in [-0.05, 0) is 26.3 Å². The Bertz CT molecular complexity index is 200. The summed E-state index contributed by atoms with van der Waals surface area (Å²) in [5.41, 5.74) is 0.0220. The van der Waals surface area contributed by atoms with Gasteiger partial charge in [-0.25, -0.2) is 4.39 Å². The first-order chi connectivity index (χ1) is 7.19. The molecule has 2 rings (SSSR count). The first-order valence-corrected chi connectivity index (χ1v) is 6.11. The maximum Gasteiger partial charge on any atom is 0.115 e. The number of methoxy groups -OCH3 is 1. The highest BCUT2D eigenvalue weighted by molar-refractivity contribution is 5.06. The number of hydrogen-bond donors (Lipinski definition) is 0. The third-order valence-corrected chi connectivity index (χ3v) is 3.77. The topological polar surface area (TPSA) is 12.5 Å². The molecule has 2 fully saturated rings. The highest BCUT2D eigenvalue weighted by Gasteiger charge is 2.52. The Morgan fingerprint density at radius 3 is 2.73 bits per heavy atom. The average Bonchev–Trinajstić information content (AvgIpc) is 2.76. The lowest BCUT2D eigenvalue weighted by Gasteiger charge is -2.36. The smallest absolute Gasteiger partial charge is 0.115 e. The quantitative estimate of drug-likeness (QED) is 0.705. The van der Waals surface area contributed by atoms with Crippen molar-refractivity contribution in [3.05, 3.63) is 0 Å². The summed E-state index contributed by atoms with van der Waals surface area (Å²) in [5, 5.41) is 0. The lowest BCUT2D eigenvalue weighted by Crippen LogP contribution is -2.48. The summed E-state index contributed by atoms with van der Waals surface area (Å²) < 4.78 is 18.7. The molecule has 2 saturated heterocycles. The Hall–Kier alpha value is -0.150. The van der Waals surface area contributed by atoms with Crippen LogP contribution in [0.5, 0.6) is 0 Å². The van der Waals surface area contributed by atoms with Crippen molar-refractivity contribution in [3.63, 3.8) is 0 Å². The van der Waals surface area contributed by atoms with Gasteiger partial charge in [0.15, 0.2) is 0 Å². The number of fused-ring (bicyclic) bond motifs is 1. The van der Waals surface area contributed by atoms with Crippen LogP contribution in [0.3, 0.4) is 0 Å². The van der Waals surface area contributed by atoms with Crippen LogP contribution in [0.4, 0.5) is 4.39 Å². The maximum absolute atomic E-state index is 13.3. The van der Waals surface area contributed by atoms with Gasteiger partial charge in [0.05, 0.1) is 6.10 Å². The van der Waals surface area contributed by atoms with Gasteiger partial charge in [-0.15, -0.1) is 0 Å². The predicted molar refractivity (Wildman–Crippen MR) is 60.9 cm³/mol. The zero-order valence-corrected chi connectivity index (χ0v) is 10.4. The van der Waals surface area contributed by atoms with Gasteiger partial charge in [-0.1, -0.05) is 13.8 Å². The van der Waals surface area contributed by atoms with Gasteiger partial charge in [0.25, 0.3) is 0 Å². The molecule has 0 saturated carbocycles. The van der Waals surface area contributed by atoms with E-state index in [-0.39, 0.29) is 11.6 Å². The normalized spacial score (nSPS) is 37.0. The molecule has 2 aliphatic rings. The summed E-state index contributed by atoms with van der Waals surface area (Å²) in [4.78, 5) is 2.28. The molecule has 0 N–H and O–H groups in total. The second-order valence-electron chi connectivity index (χ2n) is 4.33. The van der Waals surface area contributed by atoms with E-state index >= 15 is 0 Å². The minimum atomic E-state index is -0.641. The molecule has 0 bridgehead atoms. The van der Waals surface area contributed by atoms with E-state index < -0.39 is 6.17 Å². The third kappa shape index (κ3) is 2.18. The molecular weight excluding hydrogens is 193 g/mol. The molecule has 0 aliphatic carbocycles. The Morgan fingerprint density at radius 2 is 2.13 bits per heavy atom. The SMILES string of the molecule is CC.COC(C)[C@@]12CCCN1C[C@H](F)C2. The fourth-order valence-corrected chi connectivity index (χ4v) is 2.99. The van der Waals surface area contributed by atoms with Crippen molar-refractivity contribution in [1.82, 2.24) is 4.90 Å². The van der Waals surface area contributed by atoms with E-state index in [2.05, 4.69) is 11.8 Å². The Balaban J connectivity index is 0.000000531. The lowest BCUT2D eigenvalue weighted by atomic mass is 9.88. The van der Waals surface area contributed by atoms with Crippen LogP contribution in [0, 0.1) is 0 Å². The molecule has 0 radical (unpaired) electrons. The van der Waals surface area contributed by atoms with Crippen LogP contribution in [0.15, 0.2) is 0 Å². The Labute approximate surface area is 92.8 Å². The van der Waals surface area contributed by atoms with Crippen molar-refractivity contribution < 1.29 is 9.13 Å². The highest BCUT2D eigenvalue weighted by Crippen LogP contribution is 2.43.